The van der Waals surface area contributed by atoms with E-state index in [9.17, 15) is 4.79 Å². The van der Waals surface area contributed by atoms with Crippen molar-refractivity contribution in [1.82, 2.24) is 10.3 Å². The first-order valence-corrected chi connectivity index (χ1v) is 8.33. The number of halogens is 1. The number of aromatic nitrogens is 1. The third kappa shape index (κ3) is 5.09. The third-order valence-corrected chi connectivity index (χ3v) is 3.91. The predicted molar refractivity (Wildman–Crippen MR) is 97.8 cm³/mol. The Morgan fingerprint density at radius 3 is 2.76 bits per heavy atom. The van der Waals surface area contributed by atoms with Crippen LogP contribution in [-0.4, -0.2) is 17.4 Å². The lowest BCUT2D eigenvalue weighted by atomic mass is 10.1. The molecule has 0 saturated carbocycles. The predicted octanol–water partition coefficient (Wildman–Crippen LogP) is 3.91. The molecule has 3 aromatic rings. The van der Waals surface area contributed by atoms with Crippen molar-refractivity contribution in [2.75, 3.05) is 11.9 Å². The van der Waals surface area contributed by atoms with Crippen LogP contribution in [0.3, 0.4) is 0 Å². The van der Waals surface area contributed by atoms with Gasteiger partial charge in [-0.1, -0.05) is 23.7 Å². The van der Waals surface area contributed by atoms with E-state index in [1.165, 1.54) is 5.56 Å². The second kappa shape index (κ2) is 8.35. The third-order valence-electron chi connectivity index (χ3n) is 3.66. The summed E-state index contributed by atoms with van der Waals surface area (Å²) in [6.45, 7) is 1.07. The van der Waals surface area contributed by atoms with Gasteiger partial charge in [-0.05, 0) is 48.4 Å². The van der Waals surface area contributed by atoms with Gasteiger partial charge >= 0.3 is 0 Å². The molecule has 2 N–H and O–H groups in total. The molecule has 0 atom stereocenters. The van der Waals surface area contributed by atoms with Crippen LogP contribution < -0.4 is 10.6 Å². The minimum Gasteiger partial charge on any atom is -0.467 e. The number of hydrogen-bond donors (Lipinski definition) is 2. The Morgan fingerprint density at radius 2 is 2.00 bits per heavy atom. The fourth-order valence-corrected chi connectivity index (χ4v) is 2.46. The summed E-state index contributed by atoms with van der Waals surface area (Å²) in [5.41, 5.74) is 1.74. The van der Waals surface area contributed by atoms with E-state index in [0.717, 1.165) is 11.4 Å². The van der Waals surface area contributed by atoms with E-state index in [4.69, 9.17) is 16.0 Å². The Hall–Kier alpha value is -2.79. The summed E-state index contributed by atoms with van der Waals surface area (Å²) in [5, 5.41) is 6.77. The number of rotatable bonds is 7. The van der Waals surface area contributed by atoms with Crippen molar-refractivity contribution in [1.29, 1.82) is 0 Å². The molecule has 1 amide bonds. The standard InChI is InChI=1S/C19H18ClN3O2/c20-16-5-3-14(4-6-16)7-9-21-18-12-15(8-10-22-18)19(24)23-13-17-2-1-11-25-17/h1-6,8,10-12H,7,9,13H2,(H,21,22)(H,23,24). The van der Waals surface area contributed by atoms with Crippen LogP contribution in [0.1, 0.15) is 21.7 Å². The number of furan rings is 1. The average Bonchev–Trinajstić information content (AvgIpc) is 3.15. The van der Waals surface area contributed by atoms with Crippen LogP contribution in [0.25, 0.3) is 0 Å². The van der Waals surface area contributed by atoms with Crippen LogP contribution >= 0.6 is 11.6 Å². The Balaban J connectivity index is 1.51. The molecule has 0 aliphatic carbocycles. The summed E-state index contributed by atoms with van der Waals surface area (Å²) in [6.07, 6.45) is 4.04. The largest absolute Gasteiger partial charge is 0.467 e. The number of nitrogens with zero attached hydrogens (tertiary/aromatic N) is 1. The summed E-state index contributed by atoms with van der Waals surface area (Å²) >= 11 is 5.88. The molecule has 25 heavy (non-hydrogen) atoms. The zero-order valence-corrected chi connectivity index (χ0v) is 14.3. The van der Waals surface area contributed by atoms with Gasteiger partial charge < -0.3 is 15.1 Å². The van der Waals surface area contributed by atoms with E-state index in [1.807, 2.05) is 30.3 Å². The van der Waals surface area contributed by atoms with Gasteiger partial charge in [0.15, 0.2) is 0 Å². The minimum absolute atomic E-state index is 0.167. The molecule has 2 aromatic heterocycles. The molecule has 0 aliphatic heterocycles. The van der Waals surface area contributed by atoms with E-state index >= 15 is 0 Å². The number of hydrogen-bond acceptors (Lipinski definition) is 4. The molecule has 0 saturated heterocycles. The topological polar surface area (TPSA) is 67.2 Å². The van der Waals surface area contributed by atoms with Crippen molar-refractivity contribution in [3.63, 3.8) is 0 Å². The number of amides is 1. The summed E-state index contributed by atoms with van der Waals surface area (Å²) in [5.74, 6) is 1.21. The van der Waals surface area contributed by atoms with Crippen molar-refractivity contribution in [2.45, 2.75) is 13.0 Å². The maximum absolute atomic E-state index is 12.2. The second-order valence-electron chi connectivity index (χ2n) is 5.50. The zero-order chi connectivity index (χ0) is 17.5. The first-order chi connectivity index (χ1) is 12.2. The average molecular weight is 356 g/mol. The van der Waals surface area contributed by atoms with Gasteiger partial charge in [-0.3, -0.25) is 4.79 Å². The lowest BCUT2D eigenvalue weighted by Gasteiger charge is -2.08. The van der Waals surface area contributed by atoms with E-state index < -0.39 is 0 Å². The highest BCUT2D eigenvalue weighted by molar-refractivity contribution is 6.30. The Kier molecular flexibility index (Phi) is 5.69. The van der Waals surface area contributed by atoms with Crippen molar-refractivity contribution in [2.24, 2.45) is 0 Å². The normalized spacial score (nSPS) is 10.4. The Bertz CT molecular complexity index is 817. The number of carbonyl (C=O) groups excluding carboxylic acids is 1. The first kappa shape index (κ1) is 17.0. The number of pyridine rings is 1. The molecule has 1 aromatic carbocycles. The summed E-state index contributed by atoms with van der Waals surface area (Å²) in [6, 6.07) is 14.8. The van der Waals surface area contributed by atoms with Gasteiger partial charge in [0.1, 0.15) is 11.6 Å². The fraction of sp³-hybridized carbons (Fsp3) is 0.158. The monoisotopic (exact) mass is 355 g/mol. The highest BCUT2D eigenvalue weighted by Crippen LogP contribution is 2.11. The van der Waals surface area contributed by atoms with Crippen molar-refractivity contribution < 1.29 is 9.21 Å². The smallest absolute Gasteiger partial charge is 0.251 e. The zero-order valence-electron chi connectivity index (χ0n) is 13.5. The van der Waals surface area contributed by atoms with Gasteiger partial charge in [0.25, 0.3) is 5.91 Å². The maximum atomic E-state index is 12.2. The van der Waals surface area contributed by atoms with Crippen LogP contribution in [-0.2, 0) is 13.0 Å². The van der Waals surface area contributed by atoms with Crippen LogP contribution in [0.2, 0.25) is 5.02 Å². The van der Waals surface area contributed by atoms with Gasteiger partial charge in [-0.25, -0.2) is 4.98 Å². The summed E-state index contributed by atoms with van der Waals surface area (Å²) < 4.78 is 5.20. The number of nitrogens with one attached hydrogen (secondary N) is 2. The Morgan fingerprint density at radius 1 is 1.16 bits per heavy atom. The molecule has 0 fully saturated rings. The highest BCUT2D eigenvalue weighted by atomic mass is 35.5. The van der Waals surface area contributed by atoms with E-state index in [1.54, 1.807) is 30.7 Å². The summed E-state index contributed by atoms with van der Waals surface area (Å²) in [7, 11) is 0. The van der Waals surface area contributed by atoms with E-state index in [-0.39, 0.29) is 5.91 Å². The van der Waals surface area contributed by atoms with Gasteiger partial charge in [-0.15, -0.1) is 0 Å². The molecule has 0 aliphatic rings. The van der Waals surface area contributed by atoms with Gasteiger partial charge in [0, 0.05) is 23.3 Å². The quantitative estimate of drug-likeness (QED) is 0.674. The van der Waals surface area contributed by atoms with Crippen molar-refractivity contribution in [3.8, 4) is 0 Å². The maximum Gasteiger partial charge on any atom is 0.251 e. The van der Waals surface area contributed by atoms with E-state index in [2.05, 4.69) is 15.6 Å². The fourth-order valence-electron chi connectivity index (χ4n) is 2.34. The van der Waals surface area contributed by atoms with Gasteiger partial charge in [0.05, 0.1) is 12.8 Å². The van der Waals surface area contributed by atoms with Crippen LogP contribution in [0.5, 0.6) is 0 Å². The number of benzene rings is 1. The van der Waals surface area contributed by atoms with Crippen molar-refractivity contribution in [3.05, 3.63) is 82.9 Å². The Labute approximate surface area is 151 Å². The second-order valence-corrected chi connectivity index (χ2v) is 5.93. The van der Waals surface area contributed by atoms with Crippen LogP contribution in [0.4, 0.5) is 5.82 Å². The lowest BCUT2D eigenvalue weighted by Crippen LogP contribution is -2.22. The van der Waals surface area contributed by atoms with E-state index in [0.29, 0.717) is 30.2 Å². The molecule has 0 unspecified atom stereocenters. The molecule has 0 radical (unpaired) electrons. The lowest BCUT2D eigenvalue weighted by molar-refractivity contribution is 0.0948. The molecule has 128 valence electrons. The van der Waals surface area contributed by atoms with Crippen LogP contribution in [0, 0.1) is 0 Å². The van der Waals surface area contributed by atoms with Crippen molar-refractivity contribution >= 4 is 23.3 Å². The van der Waals surface area contributed by atoms with Crippen LogP contribution in [0.15, 0.2) is 65.4 Å². The first-order valence-electron chi connectivity index (χ1n) is 7.96. The molecule has 0 spiro atoms. The number of anilines is 1. The summed E-state index contributed by atoms with van der Waals surface area (Å²) in [4.78, 5) is 16.4. The molecule has 2 heterocycles. The SMILES string of the molecule is O=C(NCc1ccco1)c1ccnc(NCCc2ccc(Cl)cc2)c1. The molecular formula is C19H18ClN3O2. The highest BCUT2D eigenvalue weighted by Gasteiger charge is 2.07. The number of carbonyl (C=O) groups is 1. The minimum atomic E-state index is -0.167. The molecule has 0 bridgehead atoms. The van der Waals surface area contributed by atoms with Gasteiger partial charge in [-0.2, -0.15) is 0 Å². The van der Waals surface area contributed by atoms with Gasteiger partial charge in [0.2, 0.25) is 0 Å². The molecular weight excluding hydrogens is 338 g/mol. The molecule has 6 heteroatoms. The molecule has 3 rings (SSSR count). The molecule has 5 nitrogen and oxygen atoms in total.